The van der Waals surface area contributed by atoms with Gasteiger partial charge < -0.3 is 15.4 Å². The van der Waals surface area contributed by atoms with Gasteiger partial charge in [0.1, 0.15) is 12.4 Å². The molecule has 0 aliphatic rings. The molecule has 0 bridgehead atoms. The number of nitrogens with zero attached hydrogens (tertiary/aromatic N) is 2. The van der Waals surface area contributed by atoms with Crippen LogP contribution in [0.1, 0.15) is 13.8 Å². The molecule has 0 amide bonds. The van der Waals surface area contributed by atoms with Crippen LogP contribution in [0.5, 0.6) is 5.88 Å². The number of nitrogen functional groups attached to an aromatic ring is 1. The van der Waals surface area contributed by atoms with Crippen molar-refractivity contribution >= 4 is 5.82 Å². The molecule has 1 aromatic rings. The lowest BCUT2D eigenvalue weighted by Crippen LogP contribution is -2.28. The smallest absolute Gasteiger partial charge is 0.215 e. The molecule has 0 fully saturated rings. The number of rotatable bonds is 6. The van der Waals surface area contributed by atoms with Crippen LogP contribution >= 0.6 is 0 Å². The van der Waals surface area contributed by atoms with Gasteiger partial charge in [0.2, 0.25) is 5.88 Å². The Labute approximate surface area is 91.1 Å². The summed E-state index contributed by atoms with van der Waals surface area (Å²) in [6.07, 6.45) is 0. The summed E-state index contributed by atoms with van der Waals surface area (Å²) in [6, 6.07) is 5.41. The van der Waals surface area contributed by atoms with E-state index in [1.54, 1.807) is 6.07 Å². The van der Waals surface area contributed by atoms with E-state index in [9.17, 15) is 0 Å². The fourth-order valence-corrected chi connectivity index (χ4v) is 1.33. The van der Waals surface area contributed by atoms with E-state index in [2.05, 4.69) is 23.7 Å². The van der Waals surface area contributed by atoms with Gasteiger partial charge in [-0.1, -0.05) is 19.9 Å². The van der Waals surface area contributed by atoms with Crippen molar-refractivity contribution in [3.63, 3.8) is 0 Å². The van der Waals surface area contributed by atoms with Crippen LogP contribution in [-0.2, 0) is 0 Å². The molecular weight excluding hydrogens is 190 g/mol. The molecule has 0 aliphatic heterocycles. The van der Waals surface area contributed by atoms with E-state index < -0.39 is 0 Å². The first kappa shape index (κ1) is 11.8. The Kier molecular flexibility index (Phi) is 4.90. The Morgan fingerprint density at radius 1 is 1.33 bits per heavy atom. The zero-order valence-electron chi connectivity index (χ0n) is 9.44. The Bertz CT molecular complexity index is 287. The minimum Gasteiger partial charge on any atom is -0.476 e. The maximum atomic E-state index is 5.54. The van der Waals surface area contributed by atoms with Gasteiger partial charge in [-0.15, -0.1) is 0 Å². The molecule has 1 rings (SSSR count). The van der Waals surface area contributed by atoms with Crippen molar-refractivity contribution in [1.82, 2.24) is 9.88 Å². The fourth-order valence-electron chi connectivity index (χ4n) is 1.33. The quantitative estimate of drug-likeness (QED) is 0.769. The minimum atomic E-state index is 0.496. The number of anilines is 1. The van der Waals surface area contributed by atoms with E-state index in [1.165, 1.54) is 0 Å². The van der Waals surface area contributed by atoms with Gasteiger partial charge in [-0.05, 0) is 19.2 Å². The molecule has 0 saturated heterocycles. The molecule has 0 radical (unpaired) electrons. The van der Waals surface area contributed by atoms with E-state index in [1.807, 2.05) is 12.1 Å². The number of hydrogen-bond acceptors (Lipinski definition) is 4. The summed E-state index contributed by atoms with van der Waals surface area (Å²) < 4.78 is 5.49. The van der Waals surface area contributed by atoms with Gasteiger partial charge in [0, 0.05) is 12.6 Å². The number of nitrogens with two attached hydrogens (primary N) is 1. The minimum absolute atomic E-state index is 0.496. The second kappa shape index (κ2) is 6.24. The molecule has 4 heteroatoms. The van der Waals surface area contributed by atoms with E-state index >= 15 is 0 Å². The van der Waals surface area contributed by atoms with Crippen molar-refractivity contribution in [1.29, 1.82) is 0 Å². The van der Waals surface area contributed by atoms with Crippen molar-refractivity contribution in [3.8, 4) is 5.88 Å². The molecule has 1 heterocycles. The van der Waals surface area contributed by atoms with Gasteiger partial charge in [-0.25, -0.2) is 0 Å². The summed E-state index contributed by atoms with van der Waals surface area (Å²) in [5.74, 6) is 1.09. The highest BCUT2D eigenvalue weighted by Gasteiger charge is 2.00. The summed E-state index contributed by atoms with van der Waals surface area (Å²) in [7, 11) is 0. The summed E-state index contributed by atoms with van der Waals surface area (Å²) in [6.45, 7) is 7.94. The average molecular weight is 209 g/mol. The maximum absolute atomic E-state index is 5.54. The molecule has 0 unspecified atom stereocenters. The Morgan fingerprint density at radius 3 is 2.67 bits per heavy atom. The standard InChI is InChI=1S/C11H19N3O/c1-3-14(4-2)8-9-15-11-7-5-6-10(12)13-11/h5-7H,3-4,8-9H2,1-2H3,(H2,12,13). The largest absolute Gasteiger partial charge is 0.476 e. The first-order chi connectivity index (χ1) is 7.26. The van der Waals surface area contributed by atoms with Gasteiger partial charge in [0.25, 0.3) is 0 Å². The summed E-state index contributed by atoms with van der Waals surface area (Å²) in [4.78, 5) is 6.36. The number of pyridine rings is 1. The van der Waals surface area contributed by atoms with Crippen LogP contribution in [0.3, 0.4) is 0 Å². The molecule has 0 spiro atoms. The first-order valence-electron chi connectivity index (χ1n) is 5.34. The van der Waals surface area contributed by atoms with Gasteiger partial charge >= 0.3 is 0 Å². The van der Waals surface area contributed by atoms with E-state index in [0.717, 1.165) is 19.6 Å². The SMILES string of the molecule is CCN(CC)CCOc1cccc(N)n1. The van der Waals surface area contributed by atoms with E-state index in [4.69, 9.17) is 10.5 Å². The van der Waals surface area contributed by atoms with Crippen LogP contribution < -0.4 is 10.5 Å². The lowest BCUT2D eigenvalue weighted by Gasteiger charge is -2.17. The van der Waals surface area contributed by atoms with Gasteiger partial charge in [-0.2, -0.15) is 4.98 Å². The maximum Gasteiger partial charge on any atom is 0.215 e. The summed E-state index contributed by atoms with van der Waals surface area (Å²) in [5.41, 5.74) is 5.54. The molecule has 84 valence electrons. The van der Waals surface area contributed by atoms with Gasteiger partial charge in [0.05, 0.1) is 0 Å². The number of hydrogen-bond donors (Lipinski definition) is 1. The lowest BCUT2D eigenvalue weighted by atomic mass is 10.4. The van der Waals surface area contributed by atoms with Crippen LogP contribution in [0.4, 0.5) is 5.82 Å². The van der Waals surface area contributed by atoms with Crippen LogP contribution in [0, 0.1) is 0 Å². The average Bonchev–Trinajstić information content (AvgIpc) is 2.25. The van der Waals surface area contributed by atoms with Crippen LogP contribution in [0.2, 0.25) is 0 Å². The van der Waals surface area contributed by atoms with Gasteiger partial charge in [-0.3, -0.25) is 0 Å². The molecule has 15 heavy (non-hydrogen) atoms. The molecule has 0 atom stereocenters. The number of aromatic nitrogens is 1. The third-order valence-corrected chi connectivity index (χ3v) is 2.30. The normalized spacial score (nSPS) is 10.6. The first-order valence-corrected chi connectivity index (χ1v) is 5.34. The van der Waals surface area contributed by atoms with Crippen LogP contribution in [-0.4, -0.2) is 36.1 Å². The van der Waals surface area contributed by atoms with Crippen molar-refractivity contribution in [2.24, 2.45) is 0 Å². The zero-order chi connectivity index (χ0) is 11.1. The third kappa shape index (κ3) is 4.16. The summed E-state index contributed by atoms with van der Waals surface area (Å²) in [5, 5.41) is 0. The molecule has 0 aliphatic carbocycles. The topological polar surface area (TPSA) is 51.4 Å². The monoisotopic (exact) mass is 209 g/mol. The summed E-state index contributed by atoms with van der Waals surface area (Å²) >= 11 is 0. The molecule has 0 saturated carbocycles. The van der Waals surface area contributed by atoms with Gasteiger partial charge in [0.15, 0.2) is 0 Å². The Morgan fingerprint density at radius 2 is 2.07 bits per heavy atom. The highest BCUT2D eigenvalue weighted by atomic mass is 16.5. The zero-order valence-corrected chi connectivity index (χ0v) is 9.44. The van der Waals surface area contributed by atoms with E-state index in [-0.39, 0.29) is 0 Å². The fraction of sp³-hybridized carbons (Fsp3) is 0.545. The van der Waals surface area contributed by atoms with Crippen molar-refractivity contribution < 1.29 is 4.74 Å². The molecule has 4 nitrogen and oxygen atoms in total. The second-order valence-electron chi connectivity index (χ2n) is 3.28. The molecule has 0 aromatic carbocycles. The molecule has 1 aromatic heterocycles. The highest BCUT2D eigenvalue weighted by molar-refractivity contribution is 5.30. The number of likely N-dealkylation sites (N-methyl/N-ethyl adjacent to an activating group) is 1. The van der Waals surface area contributed by atoms with E-state index in [0.29, 0.717) is 18.3 Å². The predicted molar refractivity (Wildman–Crippen MR) is 61.9 cm³/mol. The Hall–Kier alpha value is -1.29. The van der Waals surface area contributed by atoms with Crippen molar-refractivity contribution in [3.05, 3.63) is 18.2 Å². The Balaban J connectivity index is 2.31. The third-order valence-electron chi connectivity index (χ3n) is 2.30. The predicted octanol–water partition coefficient (Wildman–Crippen LogP) is 1.38. The lowest BCUT2D eigenvalue weighted by molar-refractivity contribution is 0.218. The second-order valence-corrected chi connectivity index (χ2v) is 3.28. The van der Waals surface area contributed by atoms with Crippen molar-refractivity contribution in [2.75, 3.05) is 32.0 Å². The van der Waals surface area contributed by atoms with Crippen molar-refractivity contribution in [2.45, 2.75) is 13.8 Å². The number of ether oxygens (including phenoxy) is 1. The highest BCUT2D eigenvalue weighted by Crippen LogP contribution is 2.08. The van der Waals surface area contributed by atoms with Crippen LogP contribution in [0.25, 0.3) is 0 Å². The molecular formula is C11H19N3O. The molecule has 2 N–H and O–H groups in total. The van der Waals surface area contributed by atoms with Crippen LogP contribution in [0.15, 0.2) is 18.2 Å².